The van der Waals surface area contributed by atoms with E-state index in [2.05, 4.69) is 17.1 Å². The van der Waals surface area contributed by atoms with Gasteiger partial charge in [-0.1, -0.05) is 37.5 Å². The van der Waals surface area contributed by atoms with E-state index in [-0.39, 0.29) is 36.9 Å². The van der Waals surface area contributed by atoms with E-state index in [1.54, 1.807) is 6.92 Å². The molecule has 7 heteroatoms. The van der Waals surface area contributed by atoms with E-state index in [1.165, 1.54) is 16.9 Å². The van der Waals surface area contributed by atoms with Crippen LogP contribution in [-0.4, -0.2) is 51.9 Å². The number of esters is 1. The Kier molecular flexibility index (Phi) is 5.20. The zero-order valence-corrected chi connectivity index (χ0v) is 17.9. The average Bonchev–Trinajstić information content (AvgIpc) is 3.27. The van der Waals surface area contributed by atoms with Gasteiger partial charge in [-0.05, 0) is 37.3 Å². The van der Waals surface area contributed by atoms with Crippen molar-refractivity contribution in [1.82, 2.24) is 14.8 Å². The second-order valence-corrected chi connectivity index (χ2v) is 8.86. The molecule has 31 heavy (non-hydrogen) atoms. The lowest BCUT2D eigenvalue weighted by molar-refractivity contribution is -0.143. The molecular formula is C24H29N3O4. The molecule has 1 aromatic carbocycles. The quantitative estimate of drug-likeness (QED) is 0.583. The molecule has 0 bridgehead atoms. The second-order valence-electron chi connectivity index (χ2n) is 8.86. The summed E-state index contributed by atoms with van der Waals surface area (Å²) in [7, 11) is 0. The van der Waals surface area contributed by atoms with Crippen LogP contribution in [0.4, 0.5) is 4.79 Å². The Morgan fingerprint density at radius 1 is 1.16 bits per heavy atom. The first-order valence-electron chi connectivity index (χ1n) is 11.5. The number of hydrogen-bond donors (Lipinski definition) is 1. The number of aromatic nitrogens is 1. The SMILES string of the molecule is CCOC(=O)CCN1C(=O)[C@@H]2Cc3c([nH]c4ccccc34)[C@@H](C3CCCCC3)N2C1=O. The van der Waals surface area contributed by atoms with Gasteiger partial charge in [0.15, 0.2) is 0 Å². The van der Waals surface area contributed by atoms with Crippen molar-refractivity contribution in [3.8, 4) is 0 Å². The summed E-state index contributed by atoms with van der Waals surface area (Å²) >= 11 is 0. The standard InChI is InChI=1S/C24H29N3O4/c1-2-31-20(28)12-13-26-23(29)19-14-17-16-10-6-7-11-18(16)25-21(17)22(27(19)24(26)30)15-8-4-3-5-9-15/h6-7,10-11,15,19,22,25H,2-5,8-9,12-14H2,1H3/t19-,22+/m0/s1. The maximum atomic E-state index is 13.5. The number of imide groups is 1. The number of hydrogen-bond acceptors (Lipinski definition) is 4. The first-order chi connectivity index (χ1) is 15.1. The minimum absolute atomic E-state index is 0.0359. The summed E-state index contributed by atoms with van der Waals surface area (Å²) in [5.74, 6) is -0.232. The molecule has 5 rings (SSSR count). The van der Waals surface area contributed by atoms with Gasteiger partial charge < -0.3 is 14.6 Å². The molecule has 7 nitrogen and oxygen atoms in total. The molecule has 164 valence electrons. The number of carbonyl (C=O) groups excluding carboxylic acids is 3. The van der Waals surface area contributed by atoms with Gasteiger partial charge in [-0.3, -0.25) is 14.5 Å². The highest BCUT2D eigenvalue weighted by Gasteiger charge is 2.53. The van der Waals surface area contributed by atoms with Crippen LogP contribution < -0.4 is 0 Å². The normalized spacial score (nSPS) is 23.9. The zero-order chi connectivity index (χ0) is 21.5. The van der Waals surface area contributed by atoms with Crippen LogP contribution in [0.1, 0.15) is 62.7 Å². The van der Waals surface area contributed by atoms with Crippen molar-refractivity contribution in [1.29, 1.82) is 0 Å². The van der Waals surface area contributed by atoms with Gasteiger partial charge >= 0.3 is 12.0 Å². The fraction of sp³-hybridized carbons (Fsp3) is 0.542. The summed E-state index contributed by atoms with van der Waals surface area (Å²) < 4.78 is 4.99. The van der Waals surface area contributed by atoms with Gasteiger partial charge in [0.2, 0.25) is 0 Å². The minimum atomic E-state index is -0.492. The molecule has 2 fully saturated rings. The number of H-pyrrole nitrogens is 1. The smallest absolute Gasteiger partial charge is 0.328 e. The van der Waals surface area contributed by atoms with E-state index in [0.717, 1.165) is 42.3 Å². The molecule has 1 N–H and O–H groups in total. The molecule has 1 saturated carbocycles. The van der Waals surface area contributed by atoms with Gasteiger partial charge in [-0.15, -0.1) is 0 Å². The Morgan fingerprint density at radius 2 is 1.94 bits per heavy atom. The number of fused-ring (bicyclic) bond motifs is 4. The second kappa shape index (κ2) is 8.02. The Hall–Kier alpha value is -2.83. The van der Waals surface area contributed by atoms with Crippen molar-refractivity contribution >= 4 is 28.8 Å². The molecular weight excluding hydrogens is 394 g/mol. The molecule has 0 spiro atoms. The van der Waals surface area contributed by atoms with E-state index in [9.17, 15) is 14.4 Å². The molecule has 1 aromatic heterocycles. The highest BCUT2D eigenvalue weighted by molar-refractivity contribution is 6.05. The monoisotopic (exact) mass is 423 g/mol. The lowest BCUT2D eigenvalue weighted by Crippen LogP contribution is -2.46. The van der Waals surface area contributed by atoms with Crippen LogP contribution in [-0.2, 0) is 20.7 Å². The number of carbonyl (C=O) groups is 3. The summed E-state index contributed by atoms with van der Waals surface area (Å²) in [6, 6.07) is 7.31. The van der Waals surface area contributed by atoms with E-state index in [0.29, 0.717) is 18.9 Å². The number of nitrogens with zero attached hydrogens (tertiary/aromatic N) is 2. The van der Waals surface area contributed by atoms with E-state index >= 15 is 0 Å². The molecule has 0 unspecified atom stereocenters. The average molecular weight is 424 g/mol. The summed E-state index contributed by atoms with van der Waals surface area (Å²) in [5.41, 5.74) is 3.33. The highest BCUT2D eigenvalue weighted by atomic mass is 16.5. The van der Waals surface area contributed by atoms with Crippen LogP contribution in [0.2, 0.25) is 0 Å². The molecule has 2 aromatic rings. The van der Waals surface area contributed by atoms with Crippen LogP contribution >= 0.6 is 0 Å². The van der Waals surface area contributed by atoms with Crippen LogP contribution in [0.15, 0.2) is 24.3 Å². The first kappa shape index (κ1) is 20.1. The Morgan fingerprint density at radius 3 is 2.71 bits per heavy atom. The van der Waals surface area contributed by atoms with Crippen LogP contribution in [0.25, 0.3) is 10.9 Å². The third-order valence-corrected chi connectivity index (χ3v) is 7.12. The number of nitrogens with one attached hydrogen (secondary N) is 1. The third kappa shape index (κ3) is 3.30. The first-order valence-corrected chi connectivity index (χ1v) is 11.5. The molecule has 1 saturated heterocycles. The lowest BCUT2D eigenvalue weighted by atomic mass is 9.78. The summed E-state index contributed by atoms with van der Waals surface area (Å²) in [6.45, 7) is 2.12. The van der Waals surface area contributed by atoms with E-state index < -0.39 is 6.04 Å². The van der Waals surface area contributed by atoms with Gasteiger partial charge in [-0.25, -0.2) is 4.79 Å². The van der Waals surface area contributed by atoms with E-state index in [4.69, 9.17) is 4.74 Å². The topological polar surface area (TPSA) is 82.7 Å². The number of rotatable bonds is 5. The maximum absolute atomic E-state index is 13.5. The van der Waals surface area contributed by atoms with Crippen molar-refractivity contribution < 1.29 is 19.1 Å². The van der Waals surface area contributed by atoms with Crippen molar-refractivity contribution in [2.45, 2.75) is 64.0 Å². The van der Waals surface area contributed by atoms with Gasteiger partial charge in [0.1, 0.15) is 6.04 Å². The number of benzene rings is 1. The fourth-order valence-electron chi connectivity index (χ4n) is 5.74. The third-order valence-electron chi connectivity index (χ3n) is 7.12. The number of ether oxygens (including phenoxy) is 1. The maximum Gasteiger partial charge on any atom is 0.328 e. The summed E-state index contributed by atoms with van der Waals surface area (Å²) in [4.78, 5) is 45.3. The largest absolute Gasteiger partial charge is 0.466 e. The Labute approximate surface area is 181 Å². The molecule has 1 aliphatic carbocycles. The van der Waals surface area contributed by atoms with Crippen molar-refractivity contribution in [3.05, 3.63) is 35.5 Å². The summed E-state index contributed by atoms with van der Waals surface area (Å²) in [6.07, 6.45) is 6.22. The number of urea groups is 1. The summed E-state index contributed by atoms with van der Waals surface area (Å²) in [5, 5.41) is 1.14. The Bertz CT molecular complexity index is 1020. The predicted molar refractivity (Wildman–Crippen MR) is 115 cm³/mol. The molecule has 2 aliphatic heterocycles. The van der Waals surface area contributed by atoms with Crippen LogP contribution in [0.3, 0.4) is 0 Å². The minimum Gasteiger partial charge on any atom is -0.466 e. The fourth-order valence-corrected chi connectivity index (χ4v) is 5.74. The Balaban J connectivity index is 1.51. The zero-order valence-electron chi connectivity index (χ0n) is 17.9. The predicted octanol–water partition coefficient (Wildman–Crippen LogP) is 3.93. The molecule has 2 atom stereocenters. The van der Waals surface area contributed by atoms with Gasteiger partial charge in [0, 0.05) is 29.6 Å². The van der Waals surface area contributed by atoms with Crippen molar-refractivity contribution in [3.63, 3.8) is 0 Å². The highest BCUT2D eigenvalue weighted by Crippen LogP contribution is 2.47. The van der Waals surface area contributed by atoms with Crippen LogP contribution in [0, 0.1) is 5.92 Å². The molecule has 0 radical (unpaired) electrons. The van der Waals surface area contributed by atoms with Gasteiger partial charge in [-0.2, -0.15) is 0 Å². The van der Waals surface area contributed by atoms with E-state index in [1.807, 2.05) is 17.0 Å². The van der Waals surface area contributed by atoms with Crippen LogP contribution in [0.5, 0.6) is 0 Å². The van der Waals surface area contributed by atoms with Gasteiger partial charge in [0.05, 0.1) is 19.1 Å². The molecule has 3 heterocycles. The number of amides is 3. The lowest BCUT2D eigenvalue weighted by Gasteiger charge is -2.41. The number of aromatic amines is 1. The van der Waals surface area contributed by atoms with Crippen molar-refractivity contribution in [2.75, 3.05) is 13.2 Å². The molecule has 3 amide bonds. The van der Waals surface area contributed by atoms with Crippen molar-refractivity contribution in [2.24, 2.45) is 5.92 Å². The molecule has 3 aliphatic rings. The van der Waals surface area contributed by atoms with Gasteiger partial charge in [0.25, 0.3) is 5.91 Å². The number of para-hydroxylation sites is 1.